The van der Waals surface area contributed by atoms with Gasteiger partial charge in [0.15, 0.2) is 17.1 Å². The van der Waals surface area contributed by atoms with Crippen LogP contribution in [0, 0.1) is 0 Å². The lowest BCUT2D eigenvalue weighted by atomic mass is 10.2. The molecular formula is C20H21N3O2. The predicted octanol–water partition coefficient (Wildman–Crippen LogP) is 4.84. The predicted molar refractivity (Wildman–Crippen MR) is 100 cm³/mol. The molecule has 5 heteroatoms. The average Bonchev–Trinajstić information content (AvgIpc) is 2.90. The third kappa shape index (κ3) is 2.86. The van der Waals surface area contributed by atoms with Gasteiger partial charge in [-0.15, -0.1) is 0 Å². The Labute approximate surface area is 146 Å². The minimum absolute atomic E-state index is 0.0525. The first-order chi connectivity index (χ1) is 12.0. The van der Waals surface area contributed by atoms with Crippen LogP contribution in [0.15, 0.2) is 36.4 Å². The van der Waals surface area contributed by atoms with Crippen molar-refractivity contribution < 1.29 is 9.47 Å². The van der Waals surface area contributed by atoms with Crippen molar-refractivity contribution in [1.82, 2.24) is 15.0 Å². The monoisotopic (exact) mass is 335 g/mol. The van der Waals surface area contributed by atoms with E-state index in [9.17, 15) is 0 Å². The summed E-state index contributed by atoms with van der Waals surface area (Å²) >= 11 is 0. The summed E-state index contributed by atoms with van der Waals surface area (Å²) in [7, 11) is 0. The number of para-hydroxylation sites is 1. The highest BCUT2D eigenvalue weighted by atomic mass is 16.5. The number of benzene rings is 2. The number of nitrogens with one attached hydrogen (secondary N) is 1. The van der Waals surface area contributed by atoms with Crippen LogP contribution in [0.4, 0.5) is 0 Å². The molecule has 0 saturated heterocycles. The molecule has 0 aliphatic rings. The quantitative estimate of drug-likeness (QED) is 0.580. The number of hydrogen-bond acceptors (Lipinski definition) is 4. The Bertz CT molecular complexity index is 1070. The van der Waals surface area contributed by atoms with Crippen LogP contribution in [0.3, 0.4) is 0 Å². The number of aromatic nitrogens is 3. The van der Waals surface area contributed by atoms with E-state index in [-0.39, 0.29) is 12.2 Å². The van der Waals surface area contributed by atoms with Gasteiger partial charge in [0.2, 0.25) is 0 Å². The average molecular weight is 335 g/mol. The summed E-state index contributed by atoms with van der Waals surface area (Å²) in [5.74, 6) is 1.39. The van der Waals surface area contributed by atoms with E-state index in [4.69, 9.17) is 19.4 Å². The van der Waals surface area contributed by atoms with E-state index < -0.39 is 0 Å². The van der Waals surface area contributed by atoms with Crippen LogP contribution in [0.1, 0.15) is 27.7 Å². The molecule has 0 atom stereocenters. The van der Waals surface area contributed by atoms with Crippen molar-refractivity contribution in [3.63, 3.8) is 0 Å². The maximum absolute atomic E-state index is 5.93. The van der Waals surface area contributed by atoms with Crippen LogP contribution in [0.2, 0.25) is 0 Å². The van der Waals surface area contributed by atoms with Crippen molar-refractivity contribution in [3.8, 4) is 11.5 Å². The Morgan fingerprint density at radius 3 is 2.08 bits per heavy atom. The number of aromatic amines is 1. The van der Waals surface area contributed by atoms with Crippen molar-refractivity contribution >= 4 is 33.1 Å². The van der Waals surface area contributed by atoms with E-state index >= 15 is 0 Å². The lowest BCUT2D eigenvalue weighted by Gasteiger charge is -2.17. The SMILES string of the molecule is CC(C)Oc1cc2nc3[nH]c4ccccc4c3nc2cc1OC(C)C. The molecule has 0 aliphatic carbocycles. The molecule has 0 amide bonds. The molecule has 4 aromatic rings. The molecule has 128 valence electrons. The molecule has 25 heavy (non-hydrogen) atoms. The smallest absolute Gasteiger partial charge is 0.163 e. The molecule has 0 bridgehead atoms. The zero-order valence-corrected chi connectivity index (χ0v) is 14.8. The van der Waals surface area contributed by atoms with E-state index in [2.05, 4.69) is 11.1 Å². The van der Waals surface area contributed by atoms with Gasteiger partial charge in [0, 0.05) is 23.0 Å². The van der Waals surface area contributed by atoms with Crippen molar-refractivity contribution in [2.75, 3.05) is 0 Å². The van der Waals surface area contributed by atoms with Crippen LogP contribution in [0.5, 0.6) is 11.5 Å². The summed E-state index contributed by atoms with van der Waals surface area (Å²) in [5, 5.41) is 1.07. The molecule has 0 spiro atoms. The molecule has 0 unspecified atom stereocenters. The van der Waals surface area contributed by atoms with E-state index in [1.807, 2.05) is 58.0 Å². The van der Waals surface area contributed by atoms with Crippen LogP contribution >= 0.6 is 0 Å². The van der Waals surface area contributed by atoms with Crippen molar-refractivity contribution in [3.05, 3.63) is 36.4 Å². The van der Waals surface area contributed by atoms with Crippen LogP contribution in [0.25, 0.3) is 33.1 Å². The van der Waals surface area contributed by atoms with Gasteiger partial charge in [0.05, 0.1) is 23.2 Å². The van der Waals surface area contributed by atoms with E-state index in [0.29, 0.717) is 11.5 Å². The molecule has 0 aliphatic heterocycles. The Morgan fingerprint density at radius 2 is 1.44 bits per heavy atom. The van der Waals surface area contributed by atoms with E-state index in [0.717, 1.165) is 33.1 Å². The second-order valence-electron chi connectivity index (χ2n) is 6.71. The number of hydrogen-bond donors (Lipinski definition) is 1. The third-order valence-electron chi connectivity index (χ3n) is 3.89. The zero-order valence-electron chi connectivity index (χ0n) is 14.8. The van der Waals surface area contributed by atoms with Gasteiger partial charge in [-0.1, -0.05) is 18.2 Å². The van der Waals surface area contributed by atoms with Crippen molar-refractivity contribution in [1.29, 1.82) is 0 Å². The number of fused-ring (bicyclic) bond motifs is 4. The summed E-state index contributed by atoms with van der Waals surface area (Å²) in [6.07, 6.45) is 0.105. The fourth-order valence-corrected chi connectivity index (χ4v) is 2.96. The van der Waals surface area contributed by atoms with Gasteiger partial charge in [-0.3, -0.25) is 0 Å². The molecule has 0 radical (unpaired) electrons. The first kappa shape index (κ1) is 15.7. The van der Waals surface area contributed by atoms with Gasteiger partial charge in [0.25, 0.3) is 0 Å². The van der Waals surface area contributed by atoms with Gasteiger partial charge < -0.3 is 14.5 Å². The fourth-order valence-electron chi connectivity index (χ4n) is 2.96. The molecule has 2 heterocycles. The normalized spacial score (nSPS) is 11.9. The summed E-state index contributed by atoms with van der Waals surface area (Å²) in [6, 6.07) is 11.9. The van der Waals surface area contributed by atoms with Crippen molar-refractivity contribution in [2.45, 2.75) is 39.9 Å². The molecule has 0 fully saturated rings. The Hall–Kier alpha value is -2.82. The topological polar surface area (TPSA) is 60.0 Å². The van der Waals surface area contributed by atoms with Gasteiger partial charge in [-0.25, -0.2) is 9.97 Å². The van der Waals surface area contributed by atoms with Gasteiger partial charge in [-0.05, 0) is 33.8 Å². The Morgan fingerprint density at radius 1 is 0.840 bits per heavy atom. The maximum Gasteiger partial charge on any atom is 0.163 e. The van der Waals surface area contributed by atoms with Gasteiger partial charge in [-0.2, -0.15) is 0 Å². The second kappa shape index (κ2) is 5.92. The van der Waals surface area contributed by atoms with E-state index in [1.165, 1.54) is 0 Å². The zero-order chi connectivity index (χ0) is 17.6. The number of nitrogens with zero attached hydrogens (tertiary/aromatic N) is 2. The molecule has 2 aromatic heterocycles. The number of H-pyrrole nitrogens is 1. The lowest BCUT2D eigenvalue weighted by molar-refractivity contribution is 0.199. The highest BCUT2D eigenvalue weighted by Crippen LogP contribution is 2.34. The fraction of sp³-hybridized carbons (Fsp3) is 0.300. The van der Waals surface area contributed by atoms with Crippen LogP contribution in [-0.2, 0) is 0 Å². The Balaban J connectivity index is 1.97. The lowest BCUT2D eigenvalue weighted by Crippen LogP contribution is -2.11. The van der Waals surface area contributed by atoms with Crippen LogP contribution in [-0.4, -0.2) is 27.2 Å². The third-order valence-corrected chi connectivity index (χ3v) is 3.89. The highest BCUT2D eigenvalue weighted by molar-refractivity contribution is 6.05. The van der Waals surface area contributed by atoms with E-state index in [1.54, 1.807) is 0 Å². The summed E-state index contributed by atoms with van der Waals surface area (Å²) < 4.78 is 11.9. The second-order valence-corrected chi connectivity index (χ2v) is 6.71. The largest absolute Gasteiger partial charge is 0.487 e. The Kier molecular flexibility index (Phi) is 3.71. The molecule has 5 nitrogen and oxygen atoms in total. The summed E-state index contributed by atoms with van der Waals surface area (Å²) in [6.45, 7) is 7.99. The first-order valence-electron chi connectivity index (χ1n) is 8.57. The van der Waals surface area contributed by atoms with Crippen LogP contribution < -0.4 is 9.47 Å². The van der Waals surface area contributed by atoms with Gasteiger partial charge >= 0.3 is 0 Å². The summed E-state index contributed by atoms with van der Waals surface area (Å²) in [5.41, 5.74) is 4.26. The molecule has 2 aromatic carbocycles. The number of ether oxygens (including phenoxy) is 2. The molecule has 4 rings (SSSR count). The first-order valence-corrected chi connectivity index (χ1v) is 8.57. The minimum Gasteiger partial charge on any atom is -0.487 e. The summed E-state index contributed by atoms with van der Waals surface area (Å²) in [4.78, 5) is 12.9. The molecular weight excluding hydrogens is 314 g/mol. The minimum atomic E-state index is 0.0525. The van der Waals surface area contributed by atoms with Crippen molar-refractivity contribution in [2.24, 2.45) is 0 Å². The molecule has 1 N–H and O–H groups in total. The maximum atomic E-state index is 5.93. The highest BCUT2D eigenvalue weighted by Gasteiger charge is 2.15. The standard InChI is InChI=1S/C20H21N3O2/c1-11(2)24-17-9-15-16(10-18(17)25-12(3)4)23-20-19(21-15)13-7-5-6-8-14(13)22-20/h5-12H,1-4H3,(H,22,23). The number of rotatable bonds is 4. The molecule has 0 saturated carbocycles. The van der Waals surface area contributed by atoms with Gasteiger partial charge in [0.1, 0.15) is 5.52 Å².